The first kappa shape index (κ1) is 8.84. The molecule has 4 nitrogen and oxygen atoms in total. The Morgan fingerprint density at radius 1 is 1.56 bits per heavy atom. The molecule has 0 fully saturated rings. The summed E-state index contributed by atoms with van der Waals surface area (Å²) in [6.07, 6.45) is -0.356. The van der Waals surface area contributed by atoms with Gasteiger partial charge in [-0.25, -0.2) is 5.32 Å². The molecule has 4 heteroatoms. The number of ether oxygens (including phenoxy) is 1. The van der Waals surface area contributed by atoms with E-state index in [0.29, 0.717) is 0 Å². The third-order valence-corrected chi connectivity index (χ3v) is 0.830. The van der Waals surface area contributed by atoms with Crippen molar-refractivity contribution in [2.24, 2.45) is 0 Å². The molecule has 9 heavy (non-hydrogen) atoms. The van der Waals surface area contributed by atoms with Crippen molar-refractivity contribution in [1.82, 2.24) is 5.32 Å². The highest BCUT2D eigenvalue weighted by atomic mass is 16.5. The largest absolute Gasteiger partial charge is 0.367 e. The normalized spacial score (nSPS) is 15.7. The summed E-state index contributed by atoms with van der Waals surface area (Å²) in [4.78, 5) is 0. The summed E-state index contributed by atoms with van der Waals surface area (Å²) in [7, 11) is 1.48. The molecule has 0 aromatic rings. The predicted molar refractivity (Wildman–Crippen MR) is 32.4 cm³/mol. The van der Waals surface area contributed by atoms with Gasteiger partial charge >= 0.3 is 0 Å². The Morgan fingerprint density at radius 3 is 2.11 bits per heavy atom. The predicted octanol–water partition coefficient (Wildman–Crippen LogP) is -0.773. The highest BCUT2D eigenvalue weighted by Crippen LogP contribution is 1.92. The molecule has 0 saturated heterocycles. The Balaban J connectivity index is 3.47. The summed E-state index contributed by atoms with van der Waals surface area (Å²) in [5.74, 6) is -1.85. The van der Waals surface area contributed by atoms with Crippen molar-refractivity contribution in [3.05, 3.63) is 0 Å². The maximum atomic E-state index is 8.68. The molecule has 0 amide bonds. The van der Waals surface area contributed by atoms with Gasteiger partial charge in [-0.05, 0) is 6.92 Å². The number of hydrogen-bond acceptors (Lipinski definition) is 4. The smallest absolute Gasteiger partial charge is 0.221 e. The van der Waals surface area contributed by atoms with Gasteiger partial charge in [0.2, 0.25) is 5.91 Å². The van der Waals surface area contributed by atoms with Crippen LogP contribution in [-0.2, 0) is 4.74 Å². The fourth-order valence-electron chi connectivity index (χ4n) is 0.444. The minimum atomic E-state index is -1.85. The topological polar surface area (TPSA) is 61.7 Å². The average molecular weight is 135 g/mol. The van der Waals surface area contributed by atoms with E-state index in [9.17, 15) is 0 Å². The van der Waals surface area contributed by atoms with E-state index in [-0.39, 0.29) is 6.23 Å². The van der Waals surface area contributed by atoms with Gasteiger partial charge in [0.05, 0.1) is 0 Å². The first-order valence-corrected chi connectivity index (χ1v) is 2.71. The Labute approximate surface area is 54.5 Å². The first-order chi connectivity index (χ1) is 3.95. The zero-order chi connectivity index (χ0) is 7.49. The molecule has 0 bridgehead atoms. The Morgan fingerprint density at radius 2 is 2.00 bits per heavy atom. The Kier molecular flexibility index (Phi) is 3.07. The molecule has 1 unspecified atom stereocenters. The molecule has 0 aromatic carbocycles. The number of rotatable bonds is 3. The van der Waals surface area contributed by atoms with E-state index in [0.717, 1.165) is 0 Å². The van der Waals surface area contributed by atoms with E-state index < -0.39 is 5.91 Å². The van der Waals surface area contributed by atoms with Gasteiger partial charge in [-0.15, -0.1) is 0 Å². The zero-order valence-electron chi connectivity index (χ0n) is 5.88. The van der Waals surface area contributed by atoms with Gasteiger partial charge in [-0.2, -0.15) is 0 Å². The SMILES string of the molecule is COC(C)NC(C)(O)O. The zero-order valence-corrected chi connectivity index (χ0v) is 5.88. The molecule has 0 aromatic heterocycles. The van der Waals surface area contributed by atoms with Crippen LogP contribution in [0.4, 0.5) is 0 Å². The van der Waals surface area contributed by atoms with E-state index in [1.807, 2.05) is 0 Å². The molecule has 56 valence electrons. The van der Waals surface area contributed by atoms with Crippen molar-refractivity contribution >= 4 is 0 Å². The lowest BCUT2D eigenvalue weighted by atomic mass is 10.5. The molecule has 0 aliphatic heterocycles. The third kappa shape index (κ3) is 5.72. The van der Waals surface area contributed by atoms with Crippen LogP contribution in [0.15, 0.2) is 0 Å². The molecule has 0 aliphatic carbocycles. The summed E-state index contributed by atoms with van der Waals surface area (Å²) in [6.45, 7) is 2.90. The Bertz CT molecular complexity index is 78.8. The maximum absolute atomic E-state index is 8.68. The summed E-state index contributed by atoms with van der Waals surface area (Å²) in [5.41, 5.74) is 0. The highest BCUT2D eigenvalue weighted by Gasteiger charge is 2.16. The molecule has 0 spiro atoms. The van der Waals surface area contributed by atoms with E-state index in [4.69, 9.17) is 14.9 Å². The van der Waals surface area contributed by atoms with Crippen LogP contribution in [0.1, 0.15) is 13.8 Å². The second-order valence-electron chi connectivity index (χ2n) is 2.04. The van der Waals surface area contributed by atoms with Crippen LogP contribution in [0, 0.1) is 0 Å². The van der Waals surface area contributed by atoms with Crippen molar-refractivity contribution in [2.75, 3.05) is 7.11 Å². The molecule has 1 atom stereocenters. The lowest BCUT2D eigenvalue weighted by Gasteiger charge is -2.21. The lowest BCUT2D eigenvalue weighted by molar-refractivity contribution is -0.192. The molecule has 0 heterocycles. The molecule has 0 saturated carbocycles. The van der Waals surface area contributed by atoms with Gasteiger partial charge < -0.3 is 14.9 Å². The van der Waals surface area contributed by atoms with Crippen LogP contribution in [0.2, 0.25) is 0 Å². The van der Waals surface area contributed by atoms with Gasteiger partial charge in [0, 0.05) is 14.0 Å². The first-order valence-electron chi connectivity index (χ1n) is 2.71. The quantitative estimate of drug-likeness (QED) is 0.444. The third-order valence-electron chi connectivity index (χ3n) is 0.830. The van der Waals surface area contributed by atoms with E-state index in [2.05, 4.69) is 5.32 Å². The summed E-state index contributed by atoms with van der Waals surface area (Å²) in [5, 5.41) is 19.7. The molecule has 3 N–H and O–H groups in total. The van der Waals surface area contributed by atoms with Crippen LogP contribution in [0.5, 0.6) is 0 Å². The van der Waals surface area contributed by atoms with E-state index in [1.54, 1.807) is 6.92 Å². The highest BCUT2D eigenvalue weighted by molar-refractivity contribution is 4.53. The van der Waals surface area contributed by atoms with Crippen LogP contribution in [-0.4, -0.2) is 29.5 Å². The summed E-state index contributed by atoms with van der Waals surface area (Å²) in [6, 6.07) is 0. The van der Waals surface area contributed by atoms with Crippen molar-refractivity contribution in [2.45, 2.75) is 26.0 Å². The van der Waals surface area contributed by atoms with Crippen molar-refractivity contribution in [3.63, 3.8) is 0 Å². The second-order valence-corrected chi connectivity index (χ2v) is 2.04. The van der Waals surface area contributed by atoms with Crippen LogP contribution in [0.25, 0.3) is 0 Å². The number of hydrogen-bond donors (Lipinski definition) is 3. The van der Waals surface area contributed by atoms with Crippen molar-refractivity contribution in [3.8, 4) is 0 Å². The van der Waals surface area contributed by atoms with Gasteiger partial charge in [-0.1, -0.05) is 0 Å². The van der Waals surface area contributed by atoms with Crippen LogP contribution in [0.3, 0.4) is 0 Å². The van der Waals surface area contributed by atoms with Gasteiger partial charge in [-0.3, -0.25) is 0 Å². The van der Waals surface area contributed by atoms with Gasteiger partial charge in [0.25, 0.3) is 0 Å². The summed E-state index contributed by atoms with van der Waals surface area (Å²) < 4.78 is 4.70. The van der Waals surface area contributed by atoms with E-state index in [1.165, 1.54) is 14.0 Å². The number of methoxy groups -OCH3 is 1. The van der Waals surface area contributed by atoms with Gasteiger partial charge in [0.15, 0.2) is 0 Å². The minimum Gasteiger partial charge on any atom is -0.367 e. The monoisotopic (exact) mass is 135 g/mol. The standard InChI is InChI=1S/C5H13NO3/c1-4(9-3)6-5(2,7)8/h4,6-8H,1-3H3. The number of nitrogens with one attached hydrogen (secondary N) is 1. The molecule has 0 radical (unpaired) electrons. The lowest BCUT2D eigenvalue weighted by Crippen LogP contribution is -2.47. The molecule has 0 rings (SSSR count). The van der Waals surface area contributed by atoms with Crippen LogP contribution < -0.4 is 5.32 Å². The Hall–Kier alpha value is -0.160. The van der Waals surface area contributed by atoms with E-state index >= 15 is 0 Å². The second kappa shape index (κ2) is 3.12. The summed E-state index contributed by atoms with van der Waals surface area (Å²) >= 11 is 0. The van der Waals surface area contributed by atoms with Crippen LogP contribution >= 0.6 is 0 Å². The van der Waals surface area contributed by atoms with Gasteiger partial charge in [0.1, 0.15) is 6.23 Å². The maximum Gasteiger partial charge on any atom is 0.221 e. The molecule has 0 aliphatic rings. The molecular weight excluding hydrogens is 122 g/mol. The average Bonchev–Trinajstić information content (AvgIpc) is 1.62. The molecular formula is C5H13NO3. The fourth-order valence-corrected chi connectivity index (χ4v) is 0.444. The number of aliphatic hydroxyl groups is 2. The van der Waals surface area contributed by atoms with Crippen molar-refractivity contribution < 1.29 is 14.9 Å². The fraction of sp³-hybridized carbons (Fsp3) is 1.00. The van der Waals surface area contributed by atoms with Crippen molar-refractivity contribution in [1.29, 1.82) is 0 Å². The minimum absolute atomic E-state index is 0.356.